The largest absolute Gasteiger partial charge is 0.309 e. The van der Waals surface area contributed by atoms with E-state index in [1.807, 2.05) is 49.6 Å². The molecule has 44 heavy (non-hydrogen) atoms. The summed E-state index contributed by atoms with van der Waals surface area (Å²) in [7, 11) is 0. The third-order valence-corrected chi connectivity index (χ3v) is 8.18. The quantitative estimate of drug-likeness (QED) is 0.311. The lowest BCUT2D eigenvalue weighted by atomic mass is 10.1. The minimum atomic E-state index is 0.796. The average molecular weight is 583 g/mol. The van der Waals surface area contributed by atoms with Gasteiger partial charge < -0.3 is 10.6 Å². The maximum atomic E-state index is 4.53. The fourth-order valence-corrected chi connectivity index (χ4v) is 6.24. The highest BCUT2D eigenvalue weighted by molar-refractivity contribution is 5.26. The summed E-state index contributed by atoms with van der Waals surface area (Å²) in [5.41, 5.74) is 12.3. The van der Waals surface area contributed by atoms with Gasteiger partial charge in [0.1, 0.15) is 0 Å². The van der Waals surface area contributed by atoms with Crippen molar-refractivity contribution in [2.75, 3.05) is 0 Å². The van der Waals surface area contributed by atoms with E-state index >= 15 is 0 Å². The molecule has 2 N–H and O–H groups in total. The monoisotopic (exact) mass is 582 g/mol. The van der Waals surface area contributed by atoms with Crippen LogP contribution in [0.3, 0.4) is 0 Å². The molecule has 0 unspecified atom stereocenters. The Morgan fingerprint density at radius 1 is 0.409 bits per heavy atom. The van der Waals surface area contributed by atoms with Gasteiger partial charge in [0.25, 0.3) is 0 Å². The van der Waals surface area contributed by atoms with Crippen molar-refractivity contribution in [3.05, 3.63) is 154 Å². The minimum Gasteiger partial charge on any atom is -0.309 e. The Bertz CT molecular complexity index is 1480. The van der Waals surface area contributed by atoms with Crippen LogP contribution in [0.1, 0.15) is 55.6 Å². The van der Waals surface area contributed by atoms with Gasteiger partial charge in [-0.15, -0.1) is 0 Å². The molecule has 6 heterocycles. The van der Waals surface area contributed by atoms with Crippen LogP contribution in [0, 0.1) is 0 Å². The van der Waals surface area contributed by atoms with Crippen LogP contribution in [0.2, 0.25) is 0 Å². The van der Waals surface area contributed by atoms with E-state index in [9.17, 15) is 0 Å². The van der Waals surface area contributed by atoms with Gasteiger partial charge in [0.2, 0.25) is 0 Å². The molecule has 0 fully saturated rings. The van der Waals surface area contributed by atoms with E-state index in [0.29, 0.717) is 0 Å². The van der Waals surface area contributed by atoms with Crippen LogP contribution in [-0.2, 0) is 65.4 Å². The third kappa shape index (κ3) is 7.59. The Balaban J connectivity index is 1.09. The van der Waals surface area contributed by atoms with Gasteiger partial charge in [-0.2, -0.15) is 0 Å². The third-order valence-electron chi connectivity index (χ3n) is 8.18. The van der Waals surface area contributed by atoms with Crippen LogP contribution < -0.4 is 10.6 Å². The van der Waals surface area contributed by atoms with E-state index in [1.165, 1.54) is 55.6 Å². The summed E-state index contributed by atoms with van der Waals surface area (Å²) >= 11 is 0. The lowest BCUT2D eigenvalue weighted by Gasteiger charge is -2.25. The SMILES string of the molecule is c1ncc2cc1CNCc1cncc(c1)CN(Cc1ccc(CN3Cc4cncc(c4)CNCc4cncc(c4)C3)cc1)C2. The number of rotatable bonds is 4. The Morgan fingerprint density at radius 2 is 0.682 bits per heavy atom. The second-order valence-corrected chi connectivity index (χ2v) is 12.1. The maximum absolute atomic E-state index is 4.53. The topological polar surface area (TPSA) is 82.1 Å². The molecule has 1 aromatic carbocycles. The molecule has 0 radical (unpaired) electrons. The number of pyridine rings is 4. The highest BCUT2D eigenvalue weighted by Gasteiger charge is 2.14. The molecule has 0 amide bonds. The van der Waals surface area contributed by atoms with E-state index in [-0.39, 0.29) is 0 Å². The van der Waals surface area contributed by atoms with Crippen LogP contribution in [0.15, 0.2) is 98.1 Å². The highest BCUT2D eigenvalue weighted by atomic mass is 15.1. The average Bonchev–Trinajstić information content (AvgIpc) is 3.02. The van der Waals surface area contributed by atoms with E-state index < -0.39 is 0 Å². The van der Waals surface area contributed by atoms with Crippen molar-refractivity contribution < 1.29 is 0 Å². The molecule has 0 spiro atoms. The summed E-state index contributed by atoms with van der Waals surface area (Å²) in [5.74, 6) is 0. The predicted molar refractivity (Wildman–Crippen MR) is 170 cm³/mol. The number of fused-ring (bicyclic) bond motifs is 8. The van der Waals surface area contributed by atoms with Crippen LogP contribution in [0.25, 0.3) is 0 Å². The van der Waals surface area contributed by atoms with Crippen molar-refractivity contribution in [1.82, 2.24) is 40.4 Å². The first-order chi connectivity index (χ1) is 21.7. The fourth-order valence-electron chi connectivity index (χ4n) is 6.24. The van der Waals surface area contributed by atoms with Gasteiger partial charge in [0.15, 0.2) is 0 Å². The Morgan fingerprint density at radius 3 is 0.977 bits per heavy atom. The smallest absolute Gasteiger partial charge is 0.0313 e. The zero-order chi connectivity index (χ0) is 29.6. The molecule has 222 valence electrons. The summed E-state index contributed by atoms with van der Waals surface area (Å²) in [6.07, 6.45) is 15.8. The van der Waals surface area contributed by atoms with Crippen molar-refractivity contribution in [2.24, 2.45) is 0 Å². The molecule has 0 saturated carbocycles. The lowest BCUT2D eigenvalue weighted by molar-refractivity contribution is 0.244. The Kier molecular flexibility index (Phi) is 8.74. The van der Waals surface area contributed by atoms with Gasteiger partial charge in [0, 0.05) is 115 Å². The van der Waals surface area contributed by atoms with Gasteiger partial charge in [0.05, 0.1) is 0 Å². The highest BCUT2D eigenvalue weighted by Crippen LogP contribution is 2.20. The molecule has 2 aliphatic heterocycles. The number of hydrogen-bond acceptors (Lipinski definition) is 8. The van der Waals surface area contributed by atoms with Crippen molar-refractivity contribution in [3.63, 3.8) is 0 Å². The normalized spacial score (nSPS) is 16.2. The van der Waals surface area contributed by atoms with E-state index in [4.69, 9.17) is 0 Å². The van der Waals surface area contributed by atoms with Gasteiger partial charge >= 0.3 is 0 Å². The molecule has 8 bridgehead atoms. The van der Waals surface area contributed by atoms with Crippen LogP contribution in [0.5, 0.6) is 0 Å². The first kappa shape index (κ1) is 28.4. The van der Waals surface area contributed by atoms with Crippen molar-refractivity contribution >= 4 is 0 Å². The van der Waals surface area contributed by atoms with Crippen molar-refractivity contribution in [3.8, 4) is 0 Å². The van der Waals surface area contributed by atoms with Crippen molar-refractivity contribution in [1.29, 1.82) is 0 Å². The van der Waals surface area contributed by atoms with Gasteiger partial charge in [-0.1, -0.05) is 48.5 Å². The van der Waals surface area contributed by atoms with Gasteiger partial charge in [-0.25, -0.2) is 0 Å². The molecule has 0 atom stereocenters. The Labute approximate surface area is 259 Å². The minimum absolute atomic E-state index is 0.796. The summed E-state index contributed by atoms with van der Waals surface area (Å²) in [6.45, 7) is 8.20. The molecular weight excluding hydrogens is 544 g/mol. The maximum Gasteiger partial charge on any atom is 0.0313 e. The zero-order valence-corrected chi connectivity index (χ0v) is 25.0. The second-order valence-electron chi connectivity index (χ2n) is 12.1. The molecule has 4 aromatic heterocycles. The standard InChI is InChI=1S/C36H38N8/c1-2-28(22-44-25-35-7-31(15-41-19-35)11-38-12-32-8-36(26-44)20-42-16-32)4-3-27(1)21-43-23-33-5-29(13-39-17-33)9-37-10-30-6-34(24-43)18-40-14-30/h1-8,13-20,37-38H,9-12,21-26H2. The number of benzene rings is 1. The molecule has 5 aromatic rings. The molecule has 7 rings (SSSR count). The first-order valence-electron chi connectivity index (χ1n) is 15.4. The van der Waals surface area contributed by atoms with Crippen LogP contribution in [0.4, 0.5) is 0 Å². The molecular formula is C36H38N8. The lowest BCUT2D eigenvalue weighted by Crippen LogP contribution is -2.24. The molecule has 8 nitrogen and oxygen atoms in total. The summed E-state index contributed by atoms with van der Waals surface area (Å²) in [6, 6.07) is 18.2. The first-order valence-corrected chi connectivity index (χ1v) is 15.4. The Hall–Kier alpha value is -4.34. The molecule has 0 saturated heterocycles. The van der Waals surface area contributed by atoms with E-state index in [1.54, 1.807) is 0 Å². The van der Waals surface area contributed by atoms with Gasteiger partial charge in [-0.05, 0) is 55.6 Å². The summed E-state index contributed by atoms with van der Waals surface area (Å²) in [5, 5.41) is 7.04. The molecule has 0 aliphatic carbocycles. The van der Waals surface area contributed by atoms with Crippen molar-refractivity contribution in [2.45, 2.75) is 65.4 Å². The number of aromatic nitrogens is 4. The number of hydrogen-bond donors (Lipinski definition) is 2. The van der Waals surface area contributed by atoms with E-state index in [0.717, 1.165) is 65.4 Å². The number of nitrogens with one attached hydrogen (secondary N) is 2. The number of nitrogens with zero attached hydrogens (tertiary/aromatic N) is 6. The zero-order valence-electron chi connectivity index (χ0n) is 25.0. The second kappa shape index (κ2) is 13.5. The van der Waals surface area contributed by atoms with Crippen LogP contribution >= 0.6 is 0 Å². The fraction of sp³-hybridized carbons (Fsp3) is 0.278. The molecule has 2 aliphatic rings. The summed E-state index contributed by atoms with van der Waals surface area (Å²) < 4.78 is 0. The molecule has 8 heteroatoms. The predicted octanol–water partition coefficient (Wildman–Crippen LogP) is 4.88. The van der Waals surface area contributed by atoms with Gasteiger partial charge in [-0.3, -0.25) is 29.7 Å². The van der Waals surface area contributed by atoms with Crippen LogP contribution in [-0.4, -0.2) is 29.7 Å². The summed E-state index contributed by atoms with van der Waals surface area (Å²) in [4.78, 5) is 23.1. The van der Waals surface area contributed by atoms with E-state index in [2.05, 4.69) is 88.9 Å².